The average molecular weight is 389 g/mol. The molecule has 1 aromatic rings. The third-order valence-electron chi connectivity index (χ3n) is 4.35. The van der Waals surface area contributed by atoms with E-state index in [4.69, 9.17) is 4.84 Å². The molecule has 1 atom stereocenters. The number of piperazine rings is 1. The van der Waals surface area contributed by atoms with Crippen LogP contribution in [-0.2, 0) is 14.4 Å². The van der Waals surface area contributed by atoms with E-state index in [-0.39, 0.29) is 30.5 Å². The molecule has 1 saturated heterocycles. The number of hydroxylamine groups is 2. The molecule has 1 fully saturated rings. The number of nitrogens with zero attached hydrogens (tertiary/aromatic N) is 3. The van der Waals surface area contributed by atoms with Crippen LogP contribution in [0.15, 0.2) is 24.3 Å². The molecule has 0 spiro atoms. The summed E-state index contributed by atoms with van der Waals surface area (Å²) in [6.07, 6.45) is -4.65. The molecule has 10 heteroatoms. The van der Waals surface area contributed by atoms with E-state index < -0.39 is 12.4 Å². The number of halogens is 3. The summed E-state index contributed by atoms with van der Waals surface area (Å²) in [4.78, 5) is 32.5. The number of anilines is 1. The number of hydrogen-bond acceptors (Lipinski definition) is 5. The first kappa shape index (κ1) is 20.8. The van der Waals surface area contributed by atoms with Crippen LogP contribution in [0, 0.1) is 0 Å². The van der Waals surface area contributed by atoms with Crippen molar-refractivity contribution in [1.29, 1.82) is 0 Å². The van der Waals surface area contributed by atoms with Crippen molar-refractivity contribution in [1.82, 2.24) is 9.96 Å². The molecule has 1 aromatic carbocycles. The molecule has 150 valence electrons. The van der Waals surface area contributed by atoms with Crippen LogP contribution in [0.1, 0.15) is 13.3 Å². The summed E-state index contributed by atoms with van der Waals surface area (Å²) in [5.41, 5.74) is 0.465. The summed E-state index contributed by atoms with van der Waals surface area (Å²) in [7, 11) is 2.86. The van der Waals surface area contributed by atoms with Gasteiger partial charge in [-0.25, -0.2) is 5.06 Å². The maximum absolute atomic E-state index is 12.6. The van der Waals surface area contributed by atoms with E-state index in [0.29, 0.717) is 18.8 Å². The zero-order valence-electron chi connectivity index (χ0n) is 15.3. The van der Waals surface area contributed by atoms with Gasteiger partial charge < -0.3 is 14.5 Å². The standard InChI is InChI=1S/C17H22F3N3O4/c1-12-16(25)22(8-7-15(24)21(2)26-3)9-10-23(12)13-5-4-6-14(11-13)27-17(18,19)20/h4-6,11-12H,7-10H2,1-3H3. The third-order valence-corrected chi connectivity index (χ3v) is 4.35. The molecule has 1 aliphatic rings. The van der Waals surface area contributed by atoms with Crippen molar-refractivity contribution in [3.05, 3.63) is 24.3 Å². The van der Waals surface area contributed by atoms with Crippen molar-refractivity contribution in [2.24, 2.45) is 0 Å². The minimum atomic E-state index is -4.78. The minimum Gasteiger partial charge on any atom is -0.406 e. The van der Waals surface area contributed by atoms with Crippen molar-refractivity contribution >= 4 is 17.5 Å². The molecule has 0 bridgehead atoms. The highest BCUT2D eigenvalue weighted by molar-refractivity contribution is 5.87. The van der Waals surface area contributed by atoms with Gasteiger partial charge in [0.05, 0.1) is 7.11 Å². The van der Waals surface area contributed by atoms with E-state index in [1.54, 1.807) is 22.8 Å². The topological polar surface area (TPSA) is 62.3 Å². The number of hydrogen-bond donors (Lipinski definition) is 0. The zero-order valence-corrected chi connectivity index (χ0v) is 15.3. The normalized spacial score (nSPS) is 17.9. The summed E-state index contributed by atoms with van der Waals surface area (Å²) in [5, 5.41) is 1.09. The van der Waals surface area contributed by atoms with Crippen LogP contribution in [0.2, 0.25) is 0 Å². The summed E-state index contributed by atoms with van der Waals surface area (Å²) >= 11 is 0. The Hall–Kier alpha value is -2.49. The van der Waals surface area contributed by atoms with Gasteiger partial charge in [-0.1, -0.05) is 6.07 Å². The van der Waals surface area contributed by atoms with Gasteiger partial charge >= 0.3 is 6.36 Å². The molecule has 27 heavy (non-hydrogen) atoms. The quantitative estimate of drug-likeness (QED) is 0.697. The molecule has 1 unspecified atom stereocenters. The maximum Gasteiger partial charge on any atom is 0.573 e. The van der Waals surface area contributed by atoms with Crippen LogP contribution in [-0.4, -0.2) is 68.0 Å². The minimum absolute atomic E-state index is 0.123. The lowest BCUT2D eigenvalue weighted by Gasteiger charge is -2.40. The Morgan fingerprint density at radius 3 is 2.67 bits per heavy atom. The first-order chi connectivity index (χ1) is 12.6. The molecule has 2 amide bonds. The Labute approximate surface area is 155 Å². The highest BCUT2D eigenvalue weighted by Gasteiger charge is 2.33. The lowest BCUT2D eigenvalue weighted by atomic mass is 10.1. The first-order valence-electron chi connectivity index (χ1n) is 8.34. The van der Waals surface area contributed by atoms with Crippen LogP contribution in [0.25, 0.3) is 0 Å². The van der Waals surface area contributed by atoms with Gasteiger partial charge in [0.1, 0.15) is 11.8 Å². The van der Waals surface area contributed by atoms with Crippen LogP contribution in [0.4, 0.5) is 18.9 Å². The second-order valence-corrected chi connectivity index (χ2v) is 6.06. The molecular weight excluding hydrogens is 367 g/mol. The number of amides is 2. The number of alkyl halides is 3. The molecule has 2 rings (SSSR count). The fourth-order valence-corrected chi connectivity index (χ4v) is 2.85. The molecule has 0 radical (unpaired) electrons. The van der Waals surface area contributed by atoms with Crippen LogP contribution < -0.4 is 9.64 Å². The van der Waals surface area contributed by atoms with E-state index in [0.717, 1.165) is 5.06 Å². The van der Waals surface area contributed by atoms with Crippen molar-refractivity contribution < 1.29 is 32.3 Å². The van der Waals surface area contributed by atoms with Gasteiger partial charge in [-0.3, -0.25) is 14.4 Å². The molecule has 0 saturated carbocycles. The largest absolute Gasteiger partial charge is 0.573 e. The lowest BCUT2D eigenvalue weighted by molar-refractivity contribution is -0.274. The van der Waals surface area contributed by atoms with Crippen LogP contribution in [0.3, 0.4) is 0 Å². The van der Waals surface area contributed by atoms with E-state index in [1.165, 1.54) is 32.4 Å². The Bertz CT molecular complexity index is 684. The zero-order chi connectivity index (χ0) is 20.2. The molecule has 0 aliphatic carbocycles. The number of carbonyl (C=O) groups is 2. The second-order valence-electron chi connectivity index (χ2n) is 6.06. The monoisotopic (exact) mass is 389 g/mol. The van der Waals surface area contributed by atoms with Gasteiger partial charge in [-0.05, 0) is 19.1 Å². The number of rotatable bonds is 6. The molecular formula is C17H22F3N3O4. The molecule has 0 aromatic heterocycles. The Kier molecular flexibility index (Phi) is 6.53. The highest BCUT2D eigenvalue weighted by Crippen LogP contribution is 2.29. The Morgan fingerprint density at radius 1 is 1.33 bits per heavy atom. The predicted molar refractivity (Wildman–Crippen MR) is 90.9 cm³/mol. The van der Waals surface area contributed by atoms with E-state index in [1.807, 2.05) is 0 Å². The van der Waals surface area contributed by atoms with Crippen molar-refractivity contribution in [2.75, 3.05) is 38.7 Å². The van der Waals surface area contributed by atoms with Gasteiger partial charge in [0.2, 0.25) is 11.8 Å². The average Bonchev–Trinajstić information content (AvgIpc) is 2.60. The predicted octanol–water partition coefficient (Wildman–Crippen LogP) is 2.03. The van der Waals surface area contributed by atoms with E-state index in [9.17, 15) is 22.8 Å². The fourth-order valence-electron chi connectivity index (χ4n) is 2.85. The Balaban J connectivity index is 2.02. The number of ether oxygens (including phenoxy) is 1. The van der Waals surface area contributed by atoms with Gasteiger partial charge in [0, 0.05) is 44.9 Å². The summed E-state index contributed by atoms with van der Waals surface area (Å²) in [6.45, 7) is 2.71. The van der Waals surface area contributed by atoms with Crippen LogP contribution >= 0.6 is 0 Å². The van der Waals surface area contributed by atoms with Crippen molar-refractivity contribution in [3.63, 3.8) is 0 Å². The van der Waals surface area contributed by atoms with E-state index in [2.05, 4.69) is 4.74 Å². The van der Waals surface area contributed by atoms with Gasteiger partial charge in [0.15, 0.2) is 0 Å². The summed E-state index contributed by atoms with van der Waals surface area (Å²) in [5.74, 6) is -0.788. The molecule has 0 N–H and O–H groups in total. The first-order valence-corrected chi connectivity index (χ1v) is 8.34. The van der Waals surface area contributed by atoms with Crippen molar-refractivity contribution in [3.8, 4) is 5.75 Å². The third kappa shape index (κ3) is 5.49. The van der Waals surface area contributed by atoms with Crippen molar-refractivity contribution in [2.45, 2.75) is 25.7 Å². The molecule has 1 heterocycles. The molecule has 1 aliphatic heterocycles. The van der Waals surface area contributed by atoms with E-state index >= 15 is 0 Å². The van der Waals surface area contributed by atoms with Gasteiger partial charge in [0.25, 0.3) is 0 Å². The number of benzene rings is 1. The lowest BCUT2D eigenvalue weighted by Crippen LogP contribution is -2.56. The number of carbonyl (C=O) groups excluding carboxylic acids is 2. The SMILES string of the molecule is CON(C)C(=O)CCN1CCN(c2cccc(OC(F)(F)F)c2)C(C)C1=O. The highest BCUT2D eigenvalue weighted by atomic mass is 19.4. The van der Waals surface area contributed by atoms with Crippen LogP contribution in [0.5, 0.6) is 5.75 Å². The fraction of sp³-hybridized carbons (Fsp3) is 0.529. The Morgan fingerprint density at radius 2 is 2.04 bits per heavy atom. The summed E-state index contributed by atoms with van der Waals surface area (Å²) < 4.78 is 41.1. The summed E-state index contributed by atoms with van der Waals surface area (Å²) in [6, 6.07) is 4.95. The molecule has 7 nitrogen and oxygen atoms in total. The maximum atomic E-state index is 12.6. The van der Waals surface area contributed by atoms with Gasteiger partial charge in [-0.2, -0.15) is 0 Å². The second kappa shape index (κ2) is 8.47. The van der Waals surface area contributed by atoms with Gasteiger partial charge in [-0.15, -0.1) is 13.2 Å². The smallest absolute Gasteiger partial charge is 0.406 e.